The highest BCUT2D eigenvalue weighted by molar-refractivity contribution is 7.16. The predicted molar refractivity (Wildman–Crippen MR) is 62.8 cm³/mol. The molecule has 0 N–H and O–H groups in total. The summed E-state index contributed by atoms with van der Waals surface area (Å²) in [4.78, 5) is 1.15. The van der Waals surface area contributed by atoms with Gasteiger partial charge in [0, 0.05) is 11.3 Å². The van der Waals surface area contributed by atoms with Crippen molar-refractivity contribution in [2.45, 2.75) is 19.9 Å². The smallest absolute Gasteiger partial charge is 0.225 e. The topological polar surface area (TPSA) is 30.7 Å². The van der Waals surface area contributed by atoms with E-state index < -0.39 is 0 Å². The number of aryl methyl sites for hydroxylation is 1. The molecule has 0 amide bonds. The van der Waals surface area contributed by atoms with Crippen LogP contribution in [0.25, 0.3) is 0 Å². The molecule has 0 aliphatic carbocycles. The molecule has 0 spiro atoms. The van der Waals surface area contributed by atoms with Gasteiger partial charge in [-0.25, -0.2) is 0 Å². The van der Waals surface area contributed by atoms with E-state index in [-0.39, 0.29) is 0 Å². The number of halogens is 2. The van der Waals surface area contributed by atoms with Crippen LogP contribution in [-0.2, 0) is 13.0 Å². The molecular formula is C9H9Cl2N3S. The average Bonchev–Trinajstić information content (AvgIpc) is 2.76. The van der Waals surface area contributed by atoms with Gasteiger partial charge in [0.1, 0.15) is 5.82 Å². The minimum Gasteiger partial charge on any atom is -0.296 e. The Kier molecular flexibility index (Phi) is 3.29. The molecule has 15 heavy (non-hydrogen) atoms. The molecule has 0 atom stereocenters. The monoisotopic (exact) mass is 261 g/mol. The first kappa shape index (κ1) is 10.9. The first-order valence-corrected chi connectivity index (χ1v) is 6.09. The Balaban J connectivity index is 2.26. The van der Waals surface area contributed by atoms with Gasteiger partial charge in [-0.1, -0.05) is 18.5 Å². The zero-order valence-corrected chi connectivity index (χ0v) is 10.4. The van der Waals surface area contributed by atoms with Crippen LogP contribution in [0, 0.1) is 0 Å². The van der Waals surface area contributed by atoms with E-state index in [4.69, 9.17) is 23.2 Å². The van der Waals surface area contributed by atoms with E-state index in [1.165, 1.54) is 0 Å². The molecule has 0 fully saturated rings. The second kappa shape index (κ2) is 4.51. The van der Waals surface area contributed by atoms with Gasteiger partial charge in [-0.05, 0) is 23.7 Å². The standard InChI is InChI=1S/C9H9Cl2N3S/c1-2-8-12-13-9(11)14(8)5-6-3-4-7(10)15-6/h3-4H,2,5H2,1H3. The summed E-state index contributed by atoms with van der Waals surface area (Å²) in [6, 6.07) is 3.87. The summed E-state index contributed by atoms with van der Waals surface area (Å²) in [5, 5.41) is 8.26. The summed E-state index contributed by atoms with van der Waals surface area (Å²) in [7, 11) is 0. The van der Waals surface area contributed by atoms with Crippen molar-refractivity contribution in [3.05, 3.63) is 32.5 Å². The van der Waals surface area contributed by atoms with Gasteiger partial charge < -0.3 is 0 Å². The van der Waals surface area contributed by atoms with Crippen molar-refractivity contribution in [2.75, 3.05) is 0 Å². The number of nitrogens with zero attached hydrogens (tertiary/aromatic N) is 3. The van der Waals surface area contributed by atoms with E-state index in [0.717, 1.165) is 21.5 Å². The first-order chi connectivity index (χ1) is 7.20. The second-order valence-electron chi connectivity index (χ2n) is 3.03. The van der Waals surface area contributed by atoms with Gasteiger partial charge in [0.2, 0.25) is 5.28 Å². The molecule has 0 saturated carbocycles. The van der Waals surface area contributed by atoms with Crippen molar-refractivity contribution < 1.29 is 0 Å². The van der Waals surface area contributed by atoms with Crippen molar-refractivity contribution in [3.63, 3.8) is 0 Å². The van der Waals surface area contributed by atoms with Crippen LogP contribution in [0.5, 0.6) is 0 Å². The molecule has 0 bridgehead atoms. The van der Waals surface area contributed by atoms with Gasteiger partial charge in [0.05, 0.1) is 10.9 Å². The van der Waals surface area contributed by atoms with E-state index in [1.54, 1.807) is 11.3 Å². The first-order valence-electron chi connectivity index (χ1n) is 4.52. The summed E-state index contributed by atoms with van der Waals surface area (Å²) in [6.07, 6.45) is 0.818. The molecule has 6 heteroatoms. The second-order valence-corrected chi connectivity index (χ2v) is 5.17. The Labute approximate surface area is 102 Å². The van der Waals surface area contributed by atoms with Crippen LogP contribution in [0.2, 0.25) is 9.62 Å². The van der Waals surface area contributed by atoms with E-state index in [1.807, 2.05) is 23.6 Å². The van der Waals surface area contributed by atoms with Crippen LogP contribution in [0.1, 0.15) is 17.6 Å². The Morgan fingerprint density at radius 2 is 2.13 bits per heavy atom. The van der Waals surface area contributed by atoms with Gasteiger partial charge in [-0.2, -0.15) is 0 Å². The summed E-state index contributed by atoms with van der Waals surface area (Å²) in [5.74, 6) is 0.893. The summed E-state index contributed by atoms with van der Waals surface area (Å²) >= 11 is 13.3. The molecule has 0 unspecified atom stereocenters. The van der Waals surface area contributed by atoms with Crippen LogP contribution in [0.15, 0.2) is 12.1 Å². The van der Waals surface area contributed by atoms with Crippen LogP contribution < -0.4 is 0 Å². The van der Waals surface area contributed by atoms with Crippen molar-refractivity contribution in [3.8, 4) is 0 Å². The highest BCUT2D eigenvalue weighted by atomic mass is 35.5. The Bertz CT molecular complexity index is 464. The van der Waals surface area contributed by atoms with E-state index >= 15 is 0 Å². The van der Waals surface area contributed by atoms with Gasteiger partial charge >= 0.3 is 0 Å². The van der Waals surface area contributed by atoms with Crippen LogP contribution in [0.3, 0.4) is 0 Å². The molecule has 3 nitrogen and oxygen atoms in total. The largest absolute Gasteiger partial charge is 0.296 e. The lowest BCUT2D eigenvalue weighted by molar-refractivity contribution is 0.741. The number of rotatable bonds is 3. The fraction of sp³-hybridized carbons (Fsp3) is 0.333. The molecule has 2 aromatic rings. The minimum absolute atomic E-state index is 0.427. The molecule has 2 heterocycles. The molecule has 0 radical (unpaired) electrons. The Morgan fingerprint density at radius 1 is 1.33 bits per heavy atom. The van der Waals surface area contributed by atoms with Gasteiger partial charge in [0.15, 0.2) is 0 Å². The molecule has 0 aliphatic rings. The summed E-state index contributed by atoms with van der Waals surface area (Å²) < 4.78 is 2.68. The summed E-state index contributed by atoms with van der Waals surface area (Å²) in [6.45, 7) is 2.71. The van der Waals surface area contributed by atoms with Gasteiger partial charge in [-0.15, -0.1) is 21.5 Å². The maximum Gasteiger partial charge on any atom is 0.225 e. The van der Waals surface area contributed by atoms with Gasteiger partial charge in [0.25, 0.3) is 0 Å². The van der Waals surface area contributed by atoms with Crippen LogP contribution in [0.4, 0.5) is 0 Å². The maximum absolute atomic E-state index is 5.94. The van der Waals surface area contributed by atoms with Crippen molar-refractivity contribution in [2.24, 2.45) is 0 Å². The zero-order chi connectivity index (χ0) is 10.8. The lowest BCUT2D eigenvalue weighted by Gasteiger charge is -2.03. The SMILES string of the molecule is CCc1nnc(Cl)n1Cc1ccc(Cl)s1. The van der Waals surface area contributed by atoms with E-state index in [9.17, 15) is 0 Å². The third-order valence-corrected chi connectivity index (χ3v) is 3.54. The van der Waals surface area contributed by atoms with Crippen molar-refractivity contribution >= 4 is 34.5 Å². The molecule has 0 saturated heterocycles. The van der Waals surface area contributed by atoms with Gasteiger partial charge in [-0.3, -0.25) is 4.57 Å². The van der Waals surface area contributed by atoms with Crippen molar-refractivity contribution in [1.82, 2.24) is 14.8 Å². The molecule has 2 aromatic heterocycles. The molecule has 2 rings (SSSR count). The lowest BCUT2D eigenvalue weighted by atomic mass is 10.4. The number of thiophene rings is 1. The number of aromatic nitrogens is 3. The fourth-order valence-corrected chi connectivity index (χ4v) is 2.60. The van der Waals surface area contributed by atoms with Crippen LogP contribution in [-0.4, -0.2) is 14.8 Å². The highest BCUT2D eigenvalue weighted by Gasteiger charge is 2.09. The van der Waals surface area contributed by atoms with E-state index in [2.05, 4.69) is 10.2 Å². The molecule has 0 aromatic carbocycles. The minimum atomic E-state index is 0.427. The Morgan fingerprint density at radius 3 is 2.73 bits per heavy atom. The lowest BCUT2D eigenvalue weighted by Crippen LogP contribution is -2.03. The molecule has 80 valence electrons. The quantitative estimate of drug-likeness (QED) is 0.850. The average molecular weight is 262 g/mol. The normalized spacial score (nSPS) is 10.9. The number of hydrogen-bond acceptors (Lipinski definition) is 3. The fourth-order valence-electron chi connectivity index (χ4n) is 1.32. The zero-order valence-electron chi connectivity index (χ0n) is 8.07. The predicted octanol–water partition coefficient (Wildman–Crippen LogP) is 3.26. The number of hydrogen-bond donors (Lipinski definition) is 0. The van der Waals surface area contributed by atoms with Crippen LogP contribution >= 0.6 is 34.5 Å². The summed E-state index contributed by atoms with van der Waals surface area (Å²) in [5.41, 5.74) is 0. The van der Waals surface area contributed by atoms with E-state index in [0.29, 0.717) is 11.8 Å². The molecule has 0 aliphatic heterocycles. The van der Waals surface area contributed by atoms with Crippen molar-refractivity contribution in [1.29, 1.82) is 0 Å². The third kappa shape index (κ3) is 2.33. The molecular weight excluding hydrogens is 253 g/mol. The maximum atomic E-state index is 5.94. The third-order valence-electron chi connectivity index (χ3n) is 2.04. The Hall–Kier alpha value is -0.580. The highest BCUT2D eigenvalue weighted by Crippen LogP contribution is 2.23.